The minimum atomic E-state index is -4.47. The zero-order valence-corrected chi connectivity index (χ0v) is 17.1. The molecule has 9 heteroatoms. The lowest BCUT2D eigenvalue weighted by Crippen LogP contribution is -2.26. The third-order valence-electron chi connectivity index (χ3n) is 5.10. The molecular formula is C24H18F3N3O3. The van der Waals surface area contributed by atoms with Gasteiger partial charge < -0.3 is 10.4 Å². The second-order valence-corrected chi connectivity index (χ2v) is 7.41. The van der Waals surface area contributed by atoms with E-state index in [9.17, 15) is 22.8 Å². The van der Waals surface area contributed by atoms with Gasteiger partial charge in [-0.2, -0.15) is 18.3 Å². The van der Waals surface area contributed by atoms with E-state index >= 15 is 0 Å². The van der Waals surface area contributed by atoms with E-state index in [0.717, 1.165) is 12.1 Å². The van der Waals surface area contributed by atoms with Crippen LogP contribution in [0.3, 0.4) is 0 Å². The highest BCUT2D eigenvalue weighted by atomic mass is 19.4. The van der Waals surface area contributed by atoms with E-state index in [0.29, 0.717) is 22.0 Å². The topological polar surface area (TPSA) is 84.2 Å². The van der Waals surface area contributed by atoms with Crippen LogP contribution in [0.5, 0.6) is 0 Å². The number of carbonyl (C=O) groups is 2. The van der Waals surface area contributed by atoms with Crippen LogP contribution in [0.25, 0.3) is 10.9 Å². The molecule has 4 aromatic rings. The summed E-state index contributed by atoms with van der Waals surface area (Å²) >= 11 is 0. The first kappa shape index (κ1) is 22.1. The predicted octanol–water partition coefficient (Wildman–Crippen LogP) is 4.73. The molecule has 0 saturated heterocycles. The van der Waals surface area contributed by atoms with Crippen molar-refractivity contribution in [2.75, 3.05) is 0 Å². The van der Waals surface area contributed by atoms with Gasteiger partial charge in [0.2, 0.25) is 0 Å². The molecule has 168 valence electrons. The standard InChI is InChI=1S/C24H18F3N3O3/c25-24(26,27)18-5-3-4-16(12-18)14-30-21(19-6-1-2-7-20(19)29-30)22(31)28-13-15-8-10-17(11-9-15)23(32)33/h1-12H,13-14H2,(H,28,31)(H,32,33). The summed E-state index contributed by atoms with van der Waals surface area (Å²) in [6, 6.07) is 17.9. The molecule has 6 nitrogen and oxygen atoms in total. The SMILES string of the molecule is O=C(O)c1ccc(CNC(=O)c2c3ccccc3nn2Cc2cccc(C(F)(F)F)c2)cc1. The van der Waals surface area contributed by atoms with Gasteiger partial charge in [0.25, 0.3) is 5.91 Å². The van der Waals surface area contributed by atoms with E-state index in [-0.39, 0.29) is 24.3 Å². The maximum absolute atomic E-state index is 13.1. The van der Waals surface area contributed by atoms with Crippen LogP contribution in [0.2, 0.25) is 0 Å². The van der Waals surface area contributed by atoms with Crippen LogP contribution in [0.4, 0.5) is 13.2 Å². The van der Waals surface area contributed by atoms with E-state index in [4.69, 9.17) is 5.11 Å². The van der Waals surface area contributed by atoms with Crippen LogP contribution in [0.15, 0.2) is 72.8 Å². The maximum Gasteiger partial charge on any atom is 0.416 e. The number of rotatable bonds is 6. The van der Waals surface area contributed by atoms with Gasteiger partial charge in [0.15, 0.2) is 0 Å². The first-order valence-electron chi connectivity index (χ1n) is 9.94. The summed E-state index contributed by atoms with van der Waals surface area (Å²) in [7, 11) is 0. The second kappa shape index (κ2) is 8.78. The van der Waals surface area contributed by atoms with Crippen molar-refractivity contribution in [3.05, 3.63) is 101 Å². The molecule has 1 aromatic heterocycles. The Morgan fingerprint density at radius 1 is 0.939 bits per heavy atom. The fraction of sp³-hybridized carbons (Fsp3) is 0.125. The average molecular weight is 453 g/mol. The number of carboxylic acids is 1. The third kappa shape index (κ3) is 4.87. The zero-order valence-electron chi connectivity index (χ0n) is 17.1. The van der Waals surface area contributed by atoms with Gasteiger partial charge in [0.05, 0.1) is 23.2 Å². The van der Waals surface area contributed by atoms with Crippen molar-refractivity contribution in [3.8, 4) is 0 Å². The predicted molar refractivity (Wildman–Crippen MR) is 115 cm³/mol. The summed E-state index contributed by atoms with van der Waals surface area (Å²) in [6.07, 6.45) is -4.47. The van der Waals surface area contributed by atoms with Gasteiger partial charge >= 0.3 is 12.1 Å². The Bertz CT molecular complexity index is 1330. The lowest BCUT2D eigenvalue weighted by atomic mass is 10.1. The number of aromatic nitrogens is 2. The van der Waals surface area contributed by atoms with Crippen molar-refractivity contribution in [1.29, 1.82) is 0 Å². The summed E-state index contributed by atoms with van der Waals surface area (Å²) in [5.74, 6) is -1.49. The lowest BCUT2D eigenvalue weighted by molar-refractivity contribution is -0.137. The second-order valence-electron chi connectivity index (χ2n) is 7.41. The highest BCUT2D eigenvalue weighted by Crippen LogP contribution is 2.30. The molecule has 1 heterocycles. The maximum atomic E-state index is 13.1. The summed E-state index contributed by atoms with van der Waals surface area (Å²) in [5, 5.41) is 16.8. The van der Waals surface area contributed by atoms with Crippen LogP contribution in [-0.4, -0.2) is 26.8 Å². The highest BCUT2D eigenvalue weighted by molar-refractivity contribution is 6.05. The summed E-state index contributed by atoms with van der Waals surface area (Å²) in [4.78, 5) is 24.0. The van der Waals surface area contributed by atoms with Crippen molar-refractivity contribution < 1.29 is 27.9 Å². The molecule has 0 aliphatic carbocycles. The van der Waals surface area contributed by atoms with Gasteiger partial charge in [0.1, 0.15) is 5.69 Å². The van der Waals surface area contributed by atoms with Gasteiger partial charge in [-0.25, -0.2) is 4.79 Å². The molecule has 0 unspecified atom stereocenters. The number of nitrogens with zero attached hydrogens (tertiary/aromatic N) is 2. The highest BCUT2D eigenvalue weighted by Gasteiger charge is 2.30. The van der Waals surface area contributed by atoms with Crippen LogP contribution in [0.1, 0.15) is 37.5 Å². The molecule has 4 rings (SSSR count). The minimum absolute atomic E-state index is 0.0192. The Labute approximate surface area is 186 Å². The first-order chi connectivity index (χ1) is 15.7. The van der Waals surface area contributed by atoms with Crippen molar-refractivity contribution in [2.24, 2.45) is 0 Å². The molecule has 0 spiro atoms. The molecule has 3 aromatic carbocycles. The Balaban J connectivity index is 1.61. The van der Waals surface area contributed by atoms with E-state index in [1.807, 2.05) is 0 Å². The number of carbonyl (C=O) groups excluding carboxylic acids is 1. The van der Waals surface area contributed by atoms with Crippen LogP contribution < -0.4 is 5.32 Å². The van der Waals surface area contributed by atoms with Crippen molar-refractivity contribution in [3.63, 3.8) is 0 Å². The normalized spacial score (nSPS) is 11.5. The molecule has 0 saturated carbocycles. The number of fused-ring (bicyclic) bond motifs is 1. The fourth-order valence-corrected chi connectivity index (χ4v) is 3.48. The Morgan fingerprint density at radius 3 is 2.36 bits per heavy atom. The molecule has 0 aliphatic rings. The Morgan fingerprint density at radius 2 is 1.67 bits per heavy atom. The molecule has 0 atom stereocenters. The molecular weight excluding hydrogens is 435 g/mol. The van der Waals surface area contributed by atoms with Crippen molar-refractivity contribution in [1.82, 2.24) is 15.1 Å². The monoisotopic (exact) mass is 453 g/mol. The third-order valence-corrected chi connectivity index (χ3v) is 5.10. The minimum Gasteiger partial charge on any atom is -0.478 e. The number of carboxylic acid groups (broad SMARTS) is 1. The number of aromatic carboxylic acids is 1. The largest absolute Gasteiger partial charge is 0.478 e. The molecule has 1 amide bonds. The van der Waals surface area contributed by atoms with Gasteiger partial charge in [-0.15, -0.1) is 0 Å². The fourth-order valence-electron chi connectivity index (χ4n) is 3.48. The first-order valence-corrected chi connectivity index (χ1v) is 9.94. The Hall–Kier alpha value is -4.14. The molecule has 0 aliphatic heterocycles. The van der Waals surface area contributed by atoms with Crippen molar-refractivity contribution >= 4 is 22.8 Å². The van der Waals surface area contributed by atoms with Gasteiger partial charge in [-0.05, 0) is 41.5 Å². The van der Waals surface area contributed by atoms with E-state index in [2.05, 4.69) is 10.4 Å². The lowest BCUT2D eigenvalue weighted by Gasteiger charge is -2.11. The van der Waals surface area contributed by atoms with Gasteiger partial charge in [-0.1, -0.05) is 42.5 Å². The van der Waals surface area contributed by atoms with Gasteiger partial charge in [0, 0.05) is 11.9 Å². The smallest absolute Gasteiger partial charge is 0.416 e. The van der Waals surface area contributed by atoms with E-state index in [1.165, 1.54) is 22.9 Å². The average Bonchev–Trinajstić information content (AvgIpc) is 3.15. The number of alkyl halides is 3. The van der Waals surface area contributed by atoms with E-state index in [1.54, 1.807) is 42.5 Å². The summed E-state index contributed by atoms with van der Waals surface area (Å²) in [5.41, 5.74) is 1.19. The number of benzene rings is 3. The summed E-state index contributed by atoms with van der Waals surface area (Å²) < 4.78 is 40.7. The molecule has 0 fully saturated rings. The Kier molecular flexibility index (Phi) is 5.87. The van der Waals surface area contributed by atoms with Crippen molar-refractivity contribution in [2.45, 2.75) is 19.3 Å². The number of hydrogen-bond acceptors (Lipinski definition) is 3. The van der Waals surface area contributed by atoms with Crippen LogP contribution in [0, 0.1) is 0 Å². The van der Waals surface area contributed by atoms with Crippen LogP contribution in [-0.2, 0) is 19.3 Å². The summed E-state index contributed by atoms with van der Waals surface area (Å²) in [6.45, 7) is 0.121. The molecule has 33 heavy (non-hydrogen) atoms. The number of nitrogens with one attached hydrogen (secondary N) is 1. The van der Waals surface area contributed by atoms with E-state index < -0.39 is 23.6 Å². The van der Waals surface area contributed by atoms with Crippen LogP contribution >= 0.6 is 0 Å². The number of amides is 1. The molecule has 0 bridgehead atoms. The molecule has 0 radical (unpaired) electrons. The quantitative estimate of drug-likeness (QED) is 0.442. The molecule has 2 N–H and O–H groups in total. The number of halogens is 3. The van der Waals surface area contributed by atoms with Gasteiger partial charge in [-0.3, -0.25) is 9.48 Å². The zero-order chi connectivity index (χ0) is 23.6. The number of hydrogen-bond donors (Lipinski definition) is 2.